The van der Waals surface area contributed by atoms with Crippen LogP contribution in [0.1, 0.15) is 23.6 Å². The first-order valence-corrected chi connectivity index (χ1v) is 10.5. The minimum Gasteiger partial charge on any atom is -0.496 e. The van der Waals surface area contributed by atoms with Crippen molar-refractivity contribution in [3.05, 3.63) is 53.2 Å². The maximum Gasteiger partial charge on any atom is 0.191 e. The Kier molecular flexibility index (Phi) is 7.90. The Labute approximate surface area is 179 Å². The highest BCUT2D eigenvalue weighted by Crippen LogP contribution is 2.19. The van der Waals surface area contributed by atoms with Gasteiger partial charge in [-0.3, -0.25) is 4.99 Å². The normalized spacial score (nSPS) is 17.0. The summed E-state index contributed by atoms with van der Waals surface area (Å²) in [6.07, 6.45) is 3.07. The quantitative estimate of drug-likeness (QED) is 0.539. The maximum absolute atomic E-state index is 5.60. The summed E-state index contributed by atoms with van der Waals surface area (Å²) in [5.41, 5.74) is 3.50. The molecule has 0 saturated carbocycles. The molecule has 0 aliphatic carbocycles. The Morgan fingerprint density at radius 3 is 2.80 bits per heavy atom. The monoisotopic (exact) mass is 411 g/mol. The average Bonchev–Trinajstić information content (AvgIpc) is 2.77. The third-order valence-corrected chi connectivity index (χ3v) is 5.24. The second-order valence-electron chi connectivity index (χ2n) is 7.56. The molecule has 1 atom stereocenters. The molecule has 1 aliphatic heterocycles. The van der Waals surface area contributed by atoms with Crippen molar-refractivity contribution in [1.82, 2.24) is 15.6 Å². The number of guanidine groups is 1. The zero-order chi connectivity index (χ0) is 21.3. The van der Waals surface area contributed by atoms with E-state index in [0.29, 0.717) is 6.54 Å². The summed E-state index contributed by atoms with van der Waals surface area (Å²) in [7, 11) is 3.49. The largest absolute Gasteiger partial charge is 0.496 e. The van der Waals surface area contributed by atoms with Gasteiger partial charge in [0.1, 0.15) is 11.6 Å². The molecule has 1 unspecified atom stereocenters. The van der Waals surface area contributed by atoms with Crippen molar-refractivity contribution in [3.8, 4) is 5.75 Å². The van der Waals surface area contributed by atoms with Gasteiger partial charge in [-0.05, 0) is 49.1 Å². The number of benzene rings is 1. The van der Waals surface area contributed by atoms with Crippen molar-refractivity contribution in [1.29, 1.82) is 0 Å². The van der Waals surface area contributed by atoms with E-state index in [2.05, 4.69) is 69.7 Å². The first-order valence-electron chi connectivity index (χ1n) is 10.5. The van der Waals surface area contributed by atoms with Gasteiger partial charge in [0.15, 0.2) is 5.96 Å². The second-order valence-corrected chi connectivity index (χ2v) is 7.56. The van der Waals surface area contributed by atoms with E-state index >= 15 is 0 Å². The third kappa shape index (κ3) is 6.10. The molecule has 0 bridgehead atoms. The van der Waals surface area contributed by atoms with Crippen LogP contribution >= 0.6 is 0 Å². The van der Waals surface area contributed by atoms with E-state index in [1.54, 1.807) is 14.2 Å². The maximum atomic E-state index is 5.60. The van der Waals surface area contributed by atoms with Gasteiger partial charge >= 0.3 is 0 Å². The number of hydrogen-bond acceptors (Lipinski definition) is 5. The number of hydrogen-bond donors (Lipinski definition) is 2. The molecule has 2 heterocycles. The lowest BCUT2D eigenvalue weighted by molar-refractivity contribution is 0.0529. The van der Waals surface area contributed by atoms with E-state index in [1.807, 2.05) is 6.20 Å². The molecule has 2 aromatic rings. The Hall–Kier alpha value is -2.80. The van der Waals surface area contributed by atoms with Gasteiger partial charge in [0, 0.05) is 39.4 Å². The van der Waals surface area contributed by atoms with Gasteiger partial charge in [-0.25, -0.2) is 4.98 Å². The van der Waals surface area contributed by atoms with Gasteiger partial charge in [0.2, 0.25) is 0 Å². The van der Waals surface area contributed by atoms with Crippen LogP contribution in [0.25, 0.3) is 0 Å². The van der Waals surface area contributed by atoms with Crippen LogP contribution in [0.3, 0.4) is 0 Å². The number of nitrogens with zero attached hydrogens (tertiary/aromatic N) is 3. The fourth-order valence-electron chi connectivity index (χ4n) is 3.49. The lowest BCUT2D eigenvalue weighted by Crippen LogP contribution is -2.41. The van der Waals surface area contributed by atoms with Gasteiger partial charge in [-0.1, -0.05) is 18.2 Å². The molecule has 1 aromatic carbocycles. The van der Waals surface area contributed by atoms with Crippen LogP contribution in [-0.2, 0) is 17.7 Å². The van der Waals surface area contributed by atoms with Gasteiger partial charge in [0.05, 0.1) is 19.8 Å². The van der Waals surface area contributed by atoms with Crippen LogP contribution in [0.15, 0.2) is 41.5 Å². The lowest BCUT2D eigenvalue weighted by atomic mass is 10.1. The Balaban J connectivity index is 1.45. The molecule has 1 aromatic heterocycles. The van der Waals surface area contributed by atoms with E-state index in [9.17, 15) is 0 Å². The van der Waals surface area contributed by atoms with E-state index in [0.717, 1.165) is 61.3 Å². The van der Waals surface area contributed by atoms with E-state index in [1.165, 1.54) is 5.56 Å². The number of pyridine rings is 1. The number of aliphatic imine (C=N–C) groups is 1. The van der Waals surface area contributed by atoms with Crippen molar-refractivity contribution in [3.63, 3.8) is 0 Å². The molecule has 2 N–H and O–H groups in total. The number of rotatable bonds is 7. The fourth-order valence-corrected chi connectivity index (χ4v) is 3.49. The van der Waals surface area contributed by atoms with Gasteiger partial charge in [0.25, 0.3) is 0 Å². The zero-order valence-corrected chi connectivity index (χ0v) is 18.4. The molecular formula is C23H33N5O2. The van der Waals surface area contributed by atoms with Crippen molar-refractivity contribution >= 4 is 11.8 Å². The molecule has 1 fully saturated rings. The highest BCUT2D eigenvalue weighted by Gasteiger charge is 2.17. The summed E-state index contributed by atoms with van der Waals surface area (Å²) in [6, 6.07) is 10.5. The minimum absolute atomic E-state index is 0.247. The Morgan fingerprint density at radius 1 is 1.27 bits per heavy atom. The van der Waals surface area contributed by atoms with E-state index in [-0.39, 0.29) is 6.10 Å². The number of anilines is 1. The van der Waals surface area contributed by atoms with Crippen molar-refractivity contribution in [2.75, 3.05) is 45.3 Å². The third-order valence-electron chi connectivity index (χ3n) is 5.24. The number of morpholine rings is 1. The van der Waals surface area contributed by atoms with E-state index in [4.69, 9.17) is 9.47 Å². The number of nitrogens with one attached hydrogen (secondary N) is 2. The fraction of sp³-hybridized carbons (Fsp3) is 0.478. The van der Waals surface area contributed by atoms with Gasteiger partial charge in [-0.2, -0.15) is 0 Å². The number of aromatic nitrogens is 1. The number of ether oxygens (including phenoxy) is 2. The average molecular weight is 412 g/mol. The minimum atomic E-state index is 0.247. The first kappa shape index (κ1) is 21.9. The Bertz CT molecular complexity index is 838. The van der Waals surface area contributed by atoms with Crippen LogP contribution in [0.4, 0.5) is 5.82 Å². The SMILES string of the molecule is CN=C(NCCc1ccc(C)c(OC)c1)NCc1ccc(N2CCOC(C)C2)nc1. The second kappa shape index (κ2) is 10.8. The van der Waals surface area contributed by atoms with Crippen LogP contribution in [0.5, 0.6) is 5.75 Å². The summed E-state index contributed by atoms with van der Waals surface area (Å²) >= 11 is 0. The standard InChI is InChI=1S/C23H33N5O2/c1-17-5-6-19(13-21(17)29-4)9-10-25-23(24-3)27-15-20-7-8-22(26-14-20)28-11-12-30-18(2)16-28/h5-8,13-14,18H,9-12,15-16H2,1-4H3,(H2,24,25,27). The molecule has 0 spiro atoms. The highest BCUT2D eigenvalue weighted by molar-refractivity contribution is 5.79. The molecular weight excluding hydrogens is 378 g/mol. The molecule has 7 nitrogen and oxygen atoms in total. The van der Waals surface area contributed by atoms with Gasteiger partial charge in [-0.15, -0.1) is 0 Å². The van der Waals surface area contributed by atoms with Crippen molar-refractivity contribution in [2.24, 2.45) is 4.99 Å². The molecule has 3 rings (SSSR count). The van der Waals surface area contributed by atoms with Crippen LogP contribution in [0.2, 0.25) is 0 Å². The molecule has 7 heteroatoms. The smallest absolute Gasteiger partial charge is 0.191 e. The lowest BCUT2D eigenvalue weighted by Gasteiger charge is -2.32. The van der Waals surface area contributed by atoms with Crippen LogP contribution in [0, 0.1) is 6.92 Å². The van der Waals surface area contributed by atoms with Crippen LogP contribution < -0.4 is 20.3 Å². The molecule has 30 heavy (non-hydrogen) atoms. The van der Waals surface area contributed by atoms with Crippen molar-refractivity contribution < 1.29 is 9.47 Å². The zero-order valence-electron chi connectivity index (χ0n) is 18.4. The predicted octanol–water partition coefficient (Wildman–Crippen LogP) is 2.53. The summed E-state index contributed by atoms with van der Waals surface area (Å²) < 4.78 is 11.0. The number of aryl methyl sites for hydroxylation is 1. The summed E-state index contributed by atoms with van der Waals surface area (Å²) in [5, 5.41) is 6.71. The summed E-state index contributed by atoms with van der Waals surface area (Å²) in [4.78, 5) is 11.2. The first-order chi connectivity index (χ1) is 14.6. The molecule has 1 saturated heterocycles. The molecule has 1 aliphatic rings. The number of methoxy groups -OCH3 is 1. The molecule has 0 radical (unpaired) electrons. The summed E-state index contributed by atoms with van der Waals surface area (Å²) in [6.45, 7) is 8.13. The topological polar surface area (TPSA) is 71.0 Å². The summed E-state index contributed by atoms with van der Waals surface area (Å²) in [5.74, 6) is 2.71. The van der Waals surface area contributed by atoms with Crippen LogP contribution in [-0.4, -0.2) is 57.4 Å². The predicted molar refractivity (Wildman–Crippen MR) is 122 cm³/mol. The molecule has 162 valence electrons. The van der Waals surface area contributed by atoms with Gasteiger partial charge < -0.3 is 25.0 Å². The highest BCUT2D eigenvalue weighted by atomic mass is 16.5. The van der Waals surface area contributed by atoms with E-state index < -0.39 is 0 Å². The Morgan fingerprint density at radius 2 is 2.10 bits per heavy atom. The van der Waals surface area contributed by atoms with Crippen molar-refractivity contribution in [2.45, 2.75) is 32.9 Å². The molecule has 0 amide bonds.